The summed E-state index contributed by atoms with van der Waals surface area (Å²) in [6.07, 6.45) is 80.6. The van der Waals surface area contributed by atoms with E-state index in [4.69, 9.17) is 37.0 Å². The van der Waals surface area contributed by atoms with Gasteiger partial charge in [-0.15, -0.1) is 0 Å². The minimum Gasteiger partial charge on any atom is -0.462 e. The van der Waals surface area contributed by atoms with E-state index in [0.29, 0.717) is 25.7 Å². The van der Waals surface area contributed by atoms with E-state index in [9.17, 15) is 43.2 Å². The maximum Gasteiger partial charge on any atom is 0.472 e. The van der Waals surface area contributed by atoms with E-state index >= 15 is 0 Å². The number of carbonyl (C=O) groups excluding carboxylic acids is 4. The zero-order chi connectivity index (χ0) is 74.6. The molecule has 0 saturated carbocycles. The molecule has 0 bridgehead atoms. The number of ether oxygens (including phenoxy) is 4. The van der Waals surface area contributed by atoms with Crippen LogP contribution in [0.5, 0.6) is 0 Å². The summed E-state index contributed by atoms with van der Waals surface area (Å²) in [4.78, 5) is 73.0. The van der Waals surface area contributed by atoms with Gasteiger partial charge in [-0.05, 0) is 154 Å². The average Bonchev–Trinajstić information content (AvgIpc) is 0.924. The summed E-state index contributed by atoms with van der Waals surface area (Å²) in [5, 5.41) is 10.6. The fourth-order valence-corrected chi connectivity index (χ4v) is 12.1. The van der Waals surface area contributed by atoms with Crippen LogP contribution in [0.1, 0.15) is 336 Å². The van der Waals surface area contributed by atoms with Crippen LogP contribution in [-0.4, -0.2) is 96.7 Å². The first-order valence-electron chi connectivity index (χ1n) is 40.1. The van der Waals surface area contributed by atoms with Crippen molar-refractivity contribution in [1.82, 2.24) is 0 Å². The Morgan fingerprint density at radius 3 is 0.833 bits per heavy atom. The second kappa shape index (κ2) is 75.0. The van der Waals surface area contributed by atoms with Gasteiger partial charge in [-0.25, -0.2) is 9.13 Å². The molecule has 0 aromatic carbocycles. The predicted molar refractivity (Wildman–Crippen MR) is 418 cm³/mol. The minimum absolute atomic E-state index is 0.0698. The van der Waals surface area contributed by atoms with Gasteiger partial charge in [0.05, 0.1) is 26.4 Å². The predicted octanol–water partition coefficient (Wildman–Crippen LogP) is 23.3. The number of hydrogen-bond donors (Lipinski definition) is 3. The number of aliphatic hydroxyl groups is 1. The van der Waals surface area contributed by atoms with Crippen LogP contribution in [0.3, 0.4) is 0 Å². The number of esters is 4. The van der Waals surface area contributed by atoms with Crippen LogP contribution in [0.2, 0.25) is 0 Å². The normalized spacial score (nSPS) is 14.5. The Morgan fingerprint density at radius 2 is 0.510 bits per heavy atom. The van der Waals surface area contributed by atoms with Gasteiger partial charge in [-0.1, -0.05) is 265 Å². The second-order valence-electron chi connectivity index (χ2n) is 26.6. The van der Waals surface area contributed by atoms with Crippen molar-refractivity contribution < 1.29 is 80.2 Å². The molecule has 102 heavy (non-hydrogen) atoms. The van der Waals surface area contributed by atoms with E-state index in [1.807, 2.05) is 0 Å². The average molecular weight is 1480 g/mol. The van der Waals surface area contributed by atoms with E-state index in [-0.39, 0.29) is 25.7 Å². The lowest BCUT2D eigenvalue weighted by atomic mass is 10.1. The second-order valence-corrected chi connectivity index (χ2v) is 29.5. The molecule has 588 valence electrons. The molecule has 5 unspecified atom stereocenters. The van der Waals surface area contributed by atoms with Crippen LogP contribution in [0.25, 0.3) is 0 Å². The summed E-state index contributed by atoms with van der Waals surface area (Å²) in [5.74, 6) is -2.23. The van der Waals surface area contributed by atoms with Gasteiger partial charge in [0.1, 0.15) is 19.3 Å². The van der Waals surface area contributed by atoms with Crippen LogP contribution in [0, 0.1) is 0 Å². The molecule has 0 aliphatic rings. The maximum absolute atomic E-state index is 13.1. The monoisotopic (exact) mass is 1470 g/mol. The number of unbranched alkanes of at least 4 members (excludes halogenated alkanes) is 31. The minimum atomic E-state index is -4.99. The molecule has 0 radical (unpaired) electrons. The van der Waals surface area contributed by atoms with Crippen molar-refractivity contribution in [3.63, 3.8) is 0 Å². The van der Waals surface area contributed by atoms with Gasteiger partial charge in [0.2, 0.25) is 0 Å². The standard InChI is InChI=1S/C83H144O17P2/c1-5-9-13-17-21-25-29-33-36-37-38-39-42-45-48-52-56-60-64-68-81(86)94-74-79(100-83(88)70-66-62-58-54-50-46-41-35-31-27-23-19-15-11-7-3)76-98-102(91,92)96-72-77(84)71-95-101(89,90)97-75-78(99-82(87)69-65-61-57-53-49-43-32-28-24-20-16-12-8-4)73-93-80(85)67-63-59-55-51-47-44-40-34-30-26-22-18-14-10-6-2/h9,13,21,23,25,27-28,32-36,38-41,45,48,77-79,84H,5-8,10-12,14-20,22,24,26,29-31,37,42-44,46-47,49-76H2,1-4H3,(H,89,90)(H,91,92)/b13-9-,25-21-,27-23-,32-28-,36-33-,39-38-,40-34-,41-35-,48-45-. The van der Waals surface area contributed by atoms with Crippen LogP contribution >= 0.6 is 15.6 Å². The molecule has 17 nitrogen and oxygen atoms in total. The van der Waals surface area contributed by atoms with Crippen molar-refractivity contribution in [1.29, 1.82) is 0 Å². The van der Waals surface area contributed by atoms with Crippen LogP contribution in [0.15, 0.2) is 109 Å². The number of allylic oxidation sites excluding steroid dienone is 18. The molecule has 19 heteroatoms. The Labute approximate surface area is 619 Å². The van der Waals surface area contributed by atoms with E-state index in [2.05, 4.69) is 137 Å². The van der Waals surface area contributed by atoms with Gasteiger partial charge in [0, 0.05) is 25.7 Å². The highest BCUT2D eigenvalue weighted by Gasteiger charge is 2.30. The summed E-state index contributed by atoms with van der Waals surface area (Å²) in [5.41, 5.74) is 0. The largest absolute Gasteiger partial charge is 0.472 e. The van der Waals surface area contributed by atoms with Crippen molar-refractivity contribution in [2.75, 3.05) is 39.6 Å². The third-order valence-electron chi connectivity index (χ3n) is 16.7. The molecule has 0 saturated heterocycles. The maximum atomic E-state index is 13.1. The molecule has 0 fully saturated rings. The number of hydrogen-bond acceptors (Lipinski definition) is 15. The Kier molecular flexibility index (Phi) is 71.8. The molecular weight excluding hydrogens is 1330 g/mol. The highest BCUT2D eigenvalue weighted by Crippen LogP contribution is 2.45. The van der Waals surface area contributed by atoms with Crippen molar-refractivity contribution in [2.24, 2.45) is 0 Å². The van der Waals surface area contributed by atoms with Crippen molar-refractivity contribution in [3.05, 3.63) is 109 Å². The van der Waals surface area contributed by atoms with Crippen LogP contribution < -0.4 is 0 Å². The number of carbonyl (C=O) groups is 4. The third-order valence-corrected chi connectivity index (χ3v) is 18.6. The highest BCUT2D eigenvalue weighted by molar-refractivity contribution is 7.47. The molecule has 0 heterocycles. The highest BCUT2D eigenvalue weighted by atomic mass is 31.2. The molecule has 0 aromatic heterocycles. The summed E-state index contributed by atoms with van der Waals surface area (Å²) < 4.78 is 68.6. The molecule has 0 aliphatic heterocycles. The third kappa shape index (κ3) is 74.0. The topological polar surface area (TPSA) is 237 Å². The molecule has 0 spiro atoms. The van der Waals surface area contributed by atoms with E-state index < -0.39 is 97.5 Å². The summed E-state index contributed by atoms with van der Waals surface area (Å²) in [7, 11) is -9.97. The van der Waals surface area contributed by atoms with E-state index in [1.54, 1.807) is 0 Å². The molecule has 0 aliphatic carbocycles. The molecule has 3 N–H and O–H groups in total. The van der Waals surface area contributed by atoms with E-state index in [0.717, 1.165) is 173 Å². The molecule has 0 rings (SSSR count). The molecule has 5 atom stereocenters. The van der Waals surface area contributed by atoms with Crippen molar-refractivity contribution in [3.8, 4) is 0 Å². The van der Waals surface area contributed by atoms with Gasteiger partial charge < -0.3 is 33.8 Å². The molecular formula is C83H144O17P2. The van der Waals surface area contributed by atoms with Crippen molar-refractivity contribution >= 4 is 39.5 Å². The van der Waals surface area contributed by atoms with Crippen molar-refractivity contribution in [2.45, 2.75) is 354 Å². The smallest absolute Gasteiger partial charge is 0.462 e. The lowest BCUT2D eigenvalue weighted by Gasteiger charge is -2.21. The number of phosphoric acid groups is 2. The first-order valence-corrected chi connectivity index (χ1v) is 43.1. The fraction of sp³-hybridized carbons (Fsp3) is 0.735. The summed E-state index contributed by atoms with van der Waals surface area (Å²) in [6.45, 7) is 4.67. The molecule has 0 aromatic rings. The number of phosphoric ester groups is 2. The summed E-state index contributed by atoms with van der Waals surface area (Å²) >= 11 is 0. The summed E-state index contributed by atoms with van der Waals surface area (Å²) in [6, 6.07) is 0. The Bertz CT molecular complexity index is 2360. The first-order chi connectivity index (χ1) is 49.7. The van der Waals surface area contributed by atoms with E-state index in [1.165, 1.54) is 83.5 Å². The Morgan fingerprint density at radius 1 is 0.284 bits per heavy atom. The van der Waals surface area contributed by atoms with Crippen LogP contribution in [-0.2, 0) is 65.4 Å². The Balaban J connectivity index is 5.39. The number of rotatable bonds is 75. The zero-order valence-electron chi connectivity index (χ0n) is 64.3. The van der Waals surface area contributed by atoms with Gasteiger partial charge in [-0.2, -0.15) is 0 Å². The van der Waals surface area contributed by atoms with Gasteiger partial charge in [0.15, 0.2) is 12.2 Å². The lowest BCUT2D eigenvalue weighted by molar-refractivity contribution is -0.161. The fourth-order valence-electron chi connectivity index (χ4n) is 10.6. The van der Waals surface area contributed by atoms with Gasteiger partial charge in [-0.3, -0.25) is 37.3 Å². The van der Waals surface area contributed by atoms with Crippen LogP contribution in [0.4, 0.5) is 0 Å². The quantitative estimate of drug-likeness (QED) is 0.0169. The first kappa shape index (κ1) is 97.7. The molecule has 0 amide bonds. The lowest BCUT2D eigenvalue weighted by Crippen LogP contribution is -2.30. The van der Waals surface area contributed by atoms with Gasteiger partial charge in [0.25, 0.3) is 0 Å². The Hall–Kier alpha value is -4.28. The number of aliphatic hydroxyl groups excluding tert-OH is 1. The van der Waals surface area contributed by atoms with Gasteiger partial charge >= 0.3 is 39.5 Å². The SMILES string of the molecule is CC/C=C\C/C=C\C/C=C\C/C=C\C/C=C\CCCCCC(=O)OCC(COP(=O)(O)OCC(O)COP(=O)(O)OCC(COC(=O)CCCCCCC/C=C\CCCCCCCC)OC(=O)CCCCCCC/C=C\CCCCCC)OC(=O)CCCCCCC/C=C\C/C=C\CCCCC. The zero-order valence-corrected chi connectivity index (χ0v) is 66.0.